The van der Waals surface area contributed by atoms with E-state index in [2.05, 4.69) is 10.1 Å². The van der Waals surface area contributed by atoms with Crippen molar-refractivity contribution in [1.82, 2.24) is 10.1 Å². The Kier molecular flexibility index (Phi) is 2.34. The summed E-state index contributed by atoms with van der Waals surface area (Å²) in [6.45, 7) is 0.262. The first-order valence-corrected chi connectivity index (χ1v) is 4.19. The number of rotatable bonds is 3. The van der Waals surface area contributed by atoms with E-state index in [1.807, 2.05) is 0 Å². The lowest BCUT2D eigenvalue weighted by atomic mass is 10.2. The molecule has 0 aliphatic rings. The van der Waals surface area contributed by atoms with E-state index in [4.69, 9.17) is 14.4 Å². The molecule has 2 aromatic heterocycles. The van der Waals surface area contributed by atoms with Crippen molar-refractivity contribution in [2.24, 2.45) is 0 Å². The molecule has 0 aliphatic carbocycles. The second-order valence-corrected chi connectivity index (χ2v) is 2.94. The van der Waals surface area contributed by atoms with Gasteiger partial charge in [-0.1, -0.05) is 5.16 Å². The van der Waals surface area contributed by atoms with Crippen LogP contribution >= 0.6 is 0 Å². The van der Waals surface area contributed by atoms with Gasteiger partial charge in [-0.2, -0.15) is 0 Å². The average Bonchev–Trinajstić information content (AvgIpc) is 2.61. The molecule has 0 bridgehead atoms. The first-order valence-electron chi connectivity index (χ1n) is 4.19. The molecule has 2 aromatic rings. The summed E-state index contributed by atoms with van der Waals surface area (Å²) in [6.07, 6.45) is 1.23. The van der Waals surface area contributed by atoms with Crippen molar-refractivity contribution in [2.45, 2.75) is 6.61 Å². The summed E-state index contributed by atoms with van der Waals surface area (Å²) in [4.78, 5) is 14.6. The molecule has 0 aliphatic heterocycles. The van der Waals surface area contributed by atoms with Crippen molar-refractivity contribution < 1.29 is 19.2 Å². The van der Waals surface area contributed by atoms with Crippen molar-refractivity contribution in [3.8, 4) is 0 Å². The molecule has 78 valence electrons. The van der Waals surface area contributed by atoms with Crippen molar-refractivity contribution in [1.29, 1.82) is 0 Å². The lowest BCUT2D eigenvalue weighted by molar-refractivity contribution is 0.0696. The summed E-state index contributed by atoms with van der Waals surface area (Å²) in [7, 11) is 1.52. The number of ether oxygens (including phenoxy) is 1. The maximum atomic E-state index is 10.7. The van der Waals surface area contributed by atoms with Crippen LogP contribution in [0.15, 0.2) is 16.8 Å². The van der Waals surface area contributed by atoms with Crippen molar-refractivity contribution >= 4 is 17.1 Å². The Hall–Kier alpha value is -1.95. The summed E-state index contributed by atoms with van der Waals surface area (Å²) in [5, 5.41) is 13.1. The highest BCUT2D eigenvalue weighted by Gasteiger charge is 2.12. The van der Waals surface area contributed by atoms with Crippen LogP contribution in [-0.4, -0.2) is 28.3 Å². The van der Waals surface area contributed by atoms with Gasteiger partial charge >= 0.3 is 5.97 Å². The number of hydrogen-bond donors (Lipinski definition) is 1. The highest BCUT2D eigenvalue weighted by atomic mass is 16.5. The number of hydrogen-bond acceptors (Lipinski definition) is 5. The van der Waals surface area contributed by atoms with E-state index >= 15 is 0 Å². The monoisotopic (exact) mass is 208 g/mol. The number of nitrogens with zero attached hydrogens (tertiary/aromatic N) is 2. The first kappa shape index (κ1) is 9.60. The molecule has 0 radical (unpaired) electrons. The molecule has 0 atom stereocenters. The summed E-state index contributed by atoms with van der Waals surface area (Å²) >= 11 is 0. The summed E-state index contributed by atoms with van der Waals surface area (Å²) in [5.74, 6) is -1.03. The molecule has 0 amide bonds. The number of carboxylic acids is 1. The minimum Gasteiger partial charge on any atom is -0.478 e. The van der Waals surface area contributed by atoms with Crippen LogP contribution in [0.4, 0.5) is 0 Å². The standard InChI is InChI=1S/C9H8N2O4/c1-14-4-7-6-2-5(9(12)13)3-10-8(6)15-11-7/h2-3H,4H2,1H3,(H,12,13). The Labute approximate surface area is 84.5 Å². The minimum absolute atomic E-state index is 0.100. The van der Waals surface area contributed by atoms with Crippen LogP contribution in [0.25, 0.3) is 11.1 Å². The van der Waals surface area contributed by atoms with Crippen molar-refractivity contribution in [3.05, 3.63) is 23.5 Å². The number of fused-ring (bicyclic) bond motifs is 1. The second kappa shape index (κ2) is 3.66. The number of pyridine rings is 1. The van der Waals surface area contributed by atoms with Crippen LogP contribution in [0.2, 0.25) is 0 Å². The molecule has 1 N–H and O–H groups in total. The maximum absolute atomic E-state index is 10.7. The maximum Gasteiger partial charge on any atom is 0.337 e. The number of carbonyl (C=O) groups is 1. The number of methoxy groups -OCH3 is 1. The topological polar surface area (TPSA) is 85.5 Å². The highest BCUT2D eigenvalue weighted by molar-refractivity contribution is 5.91. The van der Waals surface area contributed by atoms with Crippen LogP contribution in [0.1, 0.15) is 16.1 Å². The van der Waals surface area contributed by atoms with E-state index in [0.717, 1.165) is 0 Å². The molecule has 2 rings (SSSR count). The fourth-order valence-corrected chi connectivity index (χ4v) is 1.24. The van der Waals surface area contributed by atoms with E-state index in [1.54, 1.807) is 0 Å². The molecule has 0 unspecified atom stereocenters. The molecular formula is C9H8N2O4. The fourth-order valence-electron chi connectivity index (χ4n) is 1.24. The molecular weight excluding hydrogens is 200 g/mol. The van der Waals surface area contributed by atoms with Crippen LogP contribution in [0.3, 0.4) is 0 Å². The van der Waals surface area contributed by atoms with E-state index in [1.165, 1.54) is 19.4 Å². The molecule has 0 saturated heterocycles. The Morgan fingerprint density at radius 2 is 2.47 bits per heavy atom. The molecule has 0 aromatic carbocycles. The lowest BCUT2D eigenvalue weighted by Crippen LogP contribution is -1.97. The smallest absolute Gasteiger partial charge is 0.337 e. The Bertz CT molecular complexity index is 506. The van der Waals surface area contributed by atoms with Crippen molar-refractivity contribution in [2.75, 3.05) is 7.11 Å². The van der Waals surface area contributed by atoms with Gasteiger partial charge in [-0.25, -0.2) is 9.78 Å². The third-order valence-electron chi connectivity index (χ3n) is 1.93. The predicted octanol–water partition coefficient (Wildman–Crippen LogP) is 1.07. The van der Waals surface area contributed by atoms with Crippen LogP contribution in [-0.2, 0) is 11.3 Å². The summed E-state index contributed by atoms with van der Waals surface area (Å²) in [6, 6.07) is 1.47. The fraction of sp³-hybridized carbons (Fsp3) is 0.222. The molecule has 0 saturated carbocycles. The van der Waals surface area contributed by atoms with Gasteiger partial charge in [0.2, 0.25) is 0 Å². The Balaban J connectivity index is 2.56. The van der Waals surface area contributed by atoms with Crippen molar-refractivity contribution in [3.63, 3.8) is 0 Å². The van der Waals surface area contributed by atoms with Gasteiger partial charge in [0, 0.05) is 13.3 Å². The number of aromatic carboxylic acids is 1. The van der Waals surface area contributed by atoms with Gasteiger partial charge in [0.15, 0.2) is 0 Å². The quantitative estimate of drug-likeness (QED) is 0.811. The van der Waals surface area contributed by atoms with Gasteiger partial charge in [0.05, 0.1) is 17.6 Å². The third-order valence-corrected chi connectivity index (χ3v) is 1.93. The van der Waals surface area contributed by atoms with Gasteiger partial charge in [0.25, 0.3) is 5.71 Å². The highest BCUT2D eigenvalue weighted by Crippen LogP contribution is 2.18. The molecule has 2 heterocycles. The predicted molar refractivity (Wildman–Crippen MR) is 49.5 cm³/mol. The minimum atomic E-state index is -1.03. The summed E-state index contributed by atoms with van der Waals surface area (Å²) in [5.41, 5.74) is 0.957. The lowest BCUT2D eigenvalue weighted by Gasteiger charge is -1.94. The normalized spacial score (nSPS) is 10.7. The van der Waals surface area contributed by atoms with Gasteiger partial charge in [-0.05, 0) is 6.07 Å². The molecule has 6 nitrogen and oxygen atoms in total. The molecule has 6 heteroatoms. The molecule has 0 spiro atoms. The molecule has 0 fully saturated rings. The largest absolute Gasteiger partial charge is 0.478 e. The van der Waals surface area contributed by atoms with Crippen LogP contribution in [0.5, 0.6) is 0 Å². The van der Waals surface area contributed by atoms with E-state index in [9.17, 15) is 4.79 Å². The van der Waals surface area contributed by atoms with Crippen LogP contribution in [0, 0.1) is 0 Å². The van der Waals surface area contributed by atoms with E-state index < -0.39 is 5.97 Å². The molecule has 15 heavy (non-hydrogen) atoms. The zero-order valence-electron chi connectivity index (χ0n) is 7.93. The second-order valence-electron chi connectivity index (χ2n) is 2.94. The van der Waals surface area contributed by atoms with E-state index in [-0.39, 0.29) is 12.2 Å². The summed E-state index contributed by atoms with van der Waals surface area (Å²) < 4.78 is 9.80. The number of aromatic nitrogens is 2. The van der Waals surface area contributed by atoms with Gasteiger partial charge in [-0.15, -0.1) is 0 Å². The SMILES string of the molecule is COCc1noc2ncc(C(=O)O)cc12. The Morgan fingerprint density at radius 1 is 1.67 bits per heavy atom. The van der Waals surface area contributed by atoms with Crippen LogP contribution < -0.4 is 0 Å². The third kappa shape index (κ3) is 1.66. The zero-order chi connectivity index (χ0) is 10.8. The van der Waals surface area contributed by atoms with E-state index in [0.29, 0.717) is 16.8 Å². The van der Waals surface area contributed by atoms with Gasteiger partial charge < -0.3 is 14.4 Å². The Morgan fingerprint density at radius 3 is 3.13 bits per heavy atom. The number of carboxylic acid groups (broad SMARTS) is 1. The zero-order valence-corrected chi connectivity index (χ0v) is 7.93. The van der Waals surface area contributed by atoms with Gasteiger partial charge in [0.1, 0.15) is 5.69 Å². The first-order chi connectivity index (χ1) is 7.22. The van der Waals surface area contributed by atoms with Gasteiger partial charge in [-0.3, -0.25) is 0 Å². The average molecular weight is 208 g/mol.